The van der Waals surface area contributed by atoms with Crippen molar-refractivity contribution >= 4 is 16.3 Å². The standard InChI is InChI=1S/C16H25N5S/c1-12-20-21-11-14(19-15(21)22-12)10-18-13-2-4-16(5-3-13)6-8-17-9-7-16/h11,13,17-18H,2-10H2,1H3. The van der Waals surface area contributed by atoms with Crippen LogP contribution in [0.4, 0.5) is 0 Å². The molecule has 0 amide bonds. The smallest absolute Gasteiger partial charge is 0.212 e. The minimum Gasteiger partial charge on any atom is -0.317 e. The second-order valence-corrected chi connectivity index (χ2v) is 8.15. The lowest BCUT2D eigenvalue weighted by Gasteiger charge is -2.43. The van der Waals surface area contributed by atoms with E-state index in [1.54, 1.807) is 11.3 Å². The molecule has 2 fully saturated rings. The molecule has 1 saturated carbocycles. The Hall–Kier alpha value is -0.980. The van der Waals surface area contributed by atoms with Crippen LogP contribution in [0.15, 0.2) is 6.20 Å². The van der Waals surface area contributed by atoms with Crippen molar-refractivity contribution < 1.29 is 0 Å². The highest BCUT2D eigenvalue weighted by Gasteiger charge is 2.35. The van der Waals surface area contributed by atoms with Crippen molar-refractivity contribution in [2.24, 2.45) is 5.41 Å². The number of nitrogens with one attached hydrogen (secondary N) is 2. The average molecular weight is 319 g/mol. The van der Waals surface area contributed by atoms with Crippen molar-refractivity contribution in [2.75, 3.05) is 13.1 Å². The van der Waals surface area contributed by atoms with Gasteiger partial charge < -0.3 is 10.6 Å². The molecule has 0 atom stereocenters. The molecule has 0 aromatic carbocycles. The third-order valence-corrected chi connectivity index (χ3v) is 6.31. The Morgan fingerprint density at radius 1 is 1.32 bits per heavy atom. The normalized spacial score (nSPS) is 22.6. The fourth-order valence-electron chi connectivity index (χ4n) is 4.07. The van der Waals surface area contributed by atoms with Crippen LogP contribution < -0.4 is 10.6 Å². The molecule has 22 heavy (non-hydrogen) atoms. The minimum absolute atomic E-state index is 0.655. The van der Waals surface area contributed by atoms with E-state index in [0.717, 1.165) is 22.2 Å². The Labute approximate surface area is 135 Å². The molecule has 1 saturated heterocycles. The molecule has 0 bridgehead atoms. The summed E-state index contributed by atoms with van der Waals surface area (Å²) in [6.45, 7) is 5.33. The van der Waals surface area contributed by atoms with Gasteiger partial charge in [0.15, 0.2) is 0 Å². The quantitative estimate of drug-likeness (QED) is 0.913. The van der Waals surface area contributed by atoms with Crippen molar-refractivity contribution in [2.45, 2.75) is 58.0 Å². The topological polar surface area (TPSA) is 54.2 Å². The molecule has 2 aromatic rings. The monoisotopic (exact) mass is 319 g/mol. The van der Waals surface area contributed by atoms with E-state index < -0.39 is 0 Å². The van der Waals surface area contributed by atoms with Crippen molar-refractivity contribution in [3.05, 3.63) is 16.9 Å². The summed E-state index contributed by atoms with van der Waals surface area (Å²) in [6.07, 6.45) is 10.2. The maximum Gasteiger partial charge on any atom is 0.212 e. The Balaban J connectivity index is 1.30. The van der Waals surface area contributed by atoms with Crippen LogP contribution >= 0.6 is 11.3 Å². The van der Waals surface area contributed by atoms with Crippen LogP contribution in [0, 0.1) is 12.3 Å². The lowest BCUT2D eigenvalue weighted by molar-refractivity contribution is 0.115. The highest BCUT2D eigenvalue weighted by atomic mass is 32.1. The third kappa shape index (κ3) is 2.92. The number of hydrogen-bond acceptors (Lipinski definition) is 5. The number of hydrogen-bond donors (Lipinski definition) is 2. The first-order valence-corrected chi connectivity index (χ1v) is 9.30. The van der Waals surface area contributed by atoms with Gasteiger partial charge in [-0.1, -0.05) is 11.3 Å². The van der Waals surface area contributed by atoms with Crippen LogP contribution in [0.25, 0.3) is 4.96 Å². The van der Waals surface area contributed by atoms with E-state index in [-0.39, 0.29) is 0 Å². The zero-order valence-electron chi connectivity index (χ0n) is 13.3. The van der Waals surface area contributed by atoms with E-state index in [2.05, 4.69) is 26.9 Å². The molecule has 5 nitrogen and oxygen atoms in total. The number of imidazole rings is 1. The highest BCUT2D eigenvalue weighted by molar-refractivity contribution is 7.16. The van der Waals surface area contributed by atoms with Gasteiger partial charge in [-0.05, 0) is 64.0 Å². The Bertz CT molecular complexity index is 599. The summed E-state index contributed by atoms with van der Waals surface area (Å²) < 4.78 is 1.90. The Kier molecular flexibility index (Phi) is 3.92. The summed E-state index contributed by atoms with van der Waals surface area (Å²) in [5, 5.41) is 12.7. The van der Waals surface area contributed by atoms with Crippen molar-refractivity contribution in [1.29, 1.82) is 0 Å². The molecule has 4 rings (SSSR count). The van der Waals surface area contributed by atoms with E-state index in [4.69, 9.17) is 0 Å². The second-order valence-electron chi connectivity index (χ2n) is 6.99. The zero-order chi connectivity index (χ0) is 15.0. The molecule has 1 aliphatic carbocycles. The van der Waals surface area contributed by atoms with Gasteiger partial charge in [0.05, 0.1) is 11.9 Å². The van der Waals surface area contributed by atoms with Gasteiger partial charge in [0.25, 0.3) is 0 Å². The molecule has 120 valence electrons. The first-order valence-electron chi connectivity index (χ1n) is 8.48. The zero-order valence-corrected chi connectivity index (χ0v) is 14.1. The van der Waals surface area contributed by atoms with Gasteiger partial charge in [-0.2, -0.15) is 5.10 Å². The Morgan fingerprint density at radius 3 is 2.82 bits per heavy atom. The van der Waals surface area contributed by atoms with Gasteiger partial charge in [0, 0.05) is 12.6 Å². The van der Waals surface area contributed by atoms with Gasteiger partial charge in [-0.3, -0.25) is 0 Å². The largest absolute Gasteiger partial charge is 0.317 e. The number of nitrogens with zero attached hydrogens (tertiary/aromatic N) is 3. The molecule has 3 heterocycles. The summed E-state index contributed by atoms with van der Waals surface area (Å²) in [5.41, 5.74) is 1.77. The molecule has 2 aromatic heterocycles. The number of piperidine rings is 1. The van der Waals surface area contributed by atoms with Crippen LogP contribution in [-0.2, 0) is 6.54 Å². The van der Waals surface area contributed by atoms with Crippen LogP contribution in [0.1, 0.15) is 49.2 Å². The van der Waals surface area contributed by atoms with Gasteiger partial charge in [0.2, 0.25) is 4.96 Å². The SMILES string of the molecule is Cc1nn2cc(CNC3CCC4(CCNCC4)CC3)nc2s1. The lowest BCUT2D eigenvalue weighted by Crippen LogP contribution is -2.43. The summed E-state index contributed by atoms with van der Waals surface area (Å²) in [4.78, 5) is 5.66. The third-order valence-electron chi connectivity index (χ3n) is 5.48. The van der Waals surface area contributed by atoms with E-state index in [1.807, 2.05) is 11.4 Å². The number of aryl methyl sites for hydroxylation is 1. The van der Waals surface area contributed by atoms with Gasteiger partial charge in [-0.25, -0.2) is 9.50 Å². The maximum atomic E-state index is 4.65. The van der Waals surface area contributed by atoms with Gasteiger partial charge in [-0.15, -0.1) is 0 Å². The second kappa shape index (κ2) is 5.91. The molecule has 2 N–H and O–H groups in total. The van der Waals surface area contributed by atoms with Crippen molar-refractivity contribution in [1.82, 2.24) is 25.2 Å². The fourth-order valence-corrected chi connectivity index (χ4v) is 4.81. The molecule has 6 heteroatoms. The molecule has 1 spiro atoms. The summed E-state index contributed by atoms with van der Waals surface area (Å²) in [5.74, 6) is 0. The summed E-state index contributed by atoms with van der Waals surface area (Å²) in [6, 6.07) is 0.662. The molecular weight excluding hydrogens is 294 g/mol. The molecule has 0 radical (unpaired) electrons. The van der Waals surface area contributed by atoms with Crippen molar-refractivity contribution in [3.63, 3.8) is 0 Å². The predicted molar refractivity (Wildman–Crippen MR) is 89.2 cm³/mol. The van der Waals surface area contributed by atoms with Crippen LogP contribution in [0.3, 0.4) is 0 Å². The first-order chi connectivity index (χ1) is 10.7. The fraction of sp³-hybridized carbons (Fsp3) is 0.750. The predicted octanol–water partition coefficient (Wildman–Crippen LogP) is 2.50. The van der Waals surface area contributed by atoms with Crippen LogP contribution in [0.2, 0.25) is 0 Å². The first kappa shape index (κ1) is 14.6. The van der Waals surface area contributed by atoms with Gasteiger partial charge in [0.1, 0.15) is 5.01 Å². The molecule has 2 aliphatic rings. The van der Waals surface area contributed by atoms with E-state index in [9.17, 15) is 0 Å². The van der Waals surface area contributed by atoms with Gasteiger partial charge >= 0.3 is 0 Å². The Morgan fingerprint density at radius 2 is 2.09 bits per heavy atom. The maximum absolute atomic E-state index is 4.65. The van der Waals surface area contributed by atoms with Crippen LogP contribution in [-0.4, -0.2) is 33.7 Å². The van der Waals surface area contributed by atoms with E-state index in [0.29, 0.717) is 11.5 Å². The number of fused-ring (bicyclic) bond motifs is 1. The molecular formula is C16H25N5S. The number of aromatic nitrogens is 3. The lowest BCUT2D eigenvalue weighted by atomic mass is 9.67. The summed E-state index contributed by atoms with van der Waals surface area (Å²) >= 11 is 1.66. The van der Waals surface area contributed by atoms with Crippen molar-refractivity contribution in [3.8, 4) is 0 Å². The van der Waals surface area contributed by atoms with E-state index >= 15 is 0 Å². The number of rotatable bonds is 3. The van der Waals surface area contributed by atoms with Crippen LogP contribution in [0.5, 0.6) is 0 Å². The average Bonchev–Trinajstić information content (AvgIpc) is 3.04. The molecule has 1 aliphatic heterocycles. The summed E-state index contributed by atoms with van der Waals surface area (Å²) in [7, 11) is 0. The minimum atomic E-state index is 0.655. The molecule has 0 unspecified atom stereocenters. The van der Waals surface area contributed by atoms with E-state index in [1.165, 1.54) is 51.6 Å². The highest BCUT2D eigenvalue weighted by Crippen LogP contribution is 2.43.